The van der Waals surface area contributed by atoms with Crippen LogP contribution in [0.1, 0.15) is 24.8 Å². The van der Waals surface area contributed by atoms with E-state index in [0.29, 0.717) is 5.02 Å². The Morgan fingerprint density at radius 3 is 2.48 bits per heavy atom. The molecule has 1 aliphatic heterocycles. The van der Waals surface area contributed by atoms with Crippen molar-refractivity contribution in [3.05, 3.63) is 58.6 Å². The molecule has 1 saturated carbocycles. The summed E-state index contributed by atoms with van der Waals surface area (Å²) in [6.45, 7) is -0.114. The predicted molar refractivity (Wildman–Crippen MR) is 95.5 cm³/mol. The quantitative estimate of drug-likeness (QED) is 0.811. The van der Waals surface area contributed by atoms with Crippen LogP contribution in [0.3, 0.4) is 0 Å². The second-order valence-electron chi connectivity index (χ2n) is 7.02. The van der Waals surface area contributed by atoms with Crippen molar-refractivity contribution in [3.8, 4) is 5.75 Å². The van der Waals surface area contributed by atoms with Gasteiger partial charge in [-0.25, -0.2) is 17.2 Å². The highest BCUT2D eigenvalue weighted by atomic mass is 35.5. The lowest BCUT2D eigenvalue weighted by Gasteiger charge is -2.48. The maximum Gasteiger partial charge on any atom is 0.188 e. The van der Waals surface area contributed by atoms with Gasteiger partial charge in [-0.15, -0.1) is 0 Å². The average molecular weight is 415 g/mol. The molecule has 0 spiro atoms. The highest BCUT2D eigenvalue weighted by Crippen LogP contribution is 2.56. The zero-order valence-electron chi connectivity index (χ0n) is 14.2. The molecule has 4 nitrogen and oxygen atoms in total. The van der Waals surface area contributed by atoms with Crippen LogP contribution >= 0.6 is 11.6 Å². The third-order valence-corrected chi connectivity index (χ3v) is 8.42. The molecule has 4 rings (SSSR count). The number of halogens is 3. The minimum absolute atomic E-state index is 0.0233. The zero-order chi connectivity index (χ0) is 19.4. The number of sulfone groups is 1. The predicted octanol–water partition coefficient (Wildman–Crippen LogP) is 3.84. The number of fused-ring (bicyclic) bond motifs is 3. The summed E-state index contributed by atoms with van der Waals surface area (Å²) in [5.41, 5.74) is -0.277. The van der Waals surface area contributed by atoms with Crippen LogP contribution in [0.2, 0.25) is 5.02 Å². The Balaban J connectivity index is 2.02. The Morgan fingerprint density at radius 2 is 1.78 bits per heavy atom. The fourth-order valence-electron chi connectivity index (χ4n) is 4.32. The highest BCUT2D eigenvalue weighted by molar-refractivity contribution is 7.92. The van der Waals surface area contributed by atoms with E-state index in [1.54, 1.807) is 0 Å². The number of ether oxygens (including phenoxy) is 1. The van der Waals surface area contributed by atoms with Crippen LogP contribution in [-0.4, -0.2) is 26.2 Å². The molecule has 1 aliphatic carbocycles. The molecule has 144 valence electrons. The van der Waals surface area contributed by atoms with Crippen LogP contribution in [0.25, 0.3) is 0 Å². The highest BCUT2D eigenvalue weighted by Gasteiger charge is 2.59. The Kier molecular flexibility index (Phi) is 4.44. The Labute approximate surface area is 160 Å². The van der Waals surface area contributed by atoms with Gasteiger partial charge in [0.05, 0.1) is 23.2 Å². The van der Waals surface area contributed by atoms with Crippen LogP contribution in [0.4, 0.5) is 8.78 Å². The molecule has 8 heteroatoms. The van der Waals surface area contributed by atoms with Gasteiger partial charge in [0, 0.05) is 10.9 Å². The first-order valence-corrected chi connectivity index (χ1v) is 10.4. The van der Waals surface area contributed by atoms with Crippen LogP contribution in [-0.2, 0) is 14.6 Å². The molecule has 0 radical (unpaired) electrons. The molecule has 0 amide bonds. The van der Waals surface area contributed by atoms with E-state index >= 15 is 0 Å². The van der Waals surface area contributed by atoms with E-state index < -0.39 is 38.2 Å². The zero-order valence-corrected chi connectivity index (χ0v) is 15.7. The van der Waals surface area contributed by atoms with E-state index in [2.05, 4.69) is 0 Å². The van der Waals surface area contributed by atoms with Gasteiger partial charge in [-0.1, -0.05) is 11.6 Å². The molecular formula is C19H17ClF2O4S. The van der Waals surface area contributed by atoms with E-state index in [9.17, 15) is 22.3 Å². The molecule has 0 bridgehead atoms. The molecule has 2 aromatic rings. The van der Waals surface area contributed by atoms with Crippen molar-refractivity contribution in [2.45, 2.75) is 35.0 Å². The van der Waals surface area contributed by atoms with Gasteiger partial charge >= 0.3 is 0 Å². The first-order valence-electron chi connectivity index (χ1n) is 8.57. The van der Waals surface area contributed by atoms with E-state index in [-0.39, 0.29) is 42.1 Å². The summed E-state index contributed by atoms with van der Waals surface area (Å²) in [5.74, 6) is -2.70. The third kappa shape index (κ3) is 2.67. The van der Waals surface area contributed by atoms with Gasteiger partial charge in [0.25, 0.3) is 0 Å². The van der Waals surface area contributed by atoms with Gasteiger partial charge in [0.1, 0.15) is 10.6 Å². The van der Waals surface area contributed by atoms with E-state index in [1.807, 2.05) is 0 Å². The van der Waals surface area contributed by atoms with E-state index in [0.717, 1.165) is 12.1 Å². The molecule has 3 atom stereocenters. The number of aliphatic hydroxyl groups excluding tert-OH is 1. The Morgan fingerprint density at radius 1 is 1.11 bits per heavy atom. The van der Waals surface area contributed by atoms with Gasteiger partial charge in [0.2, 0.25) is 0 Å². The monoisotopic (exact) mass is 414 g/mol. The third-order valence-electron chi connectivity index (χ3n) is 5.58. The molecule has 2 aliphatic rings. The molecule has 1 heterocycles. The van der Waals surface area contributed by atoms with Gasteiger partial charge in [-0.05, 0) is 55.7 Å². The first-order chi connectivity index (χ1) is 12.8. The molecule has 27 heavy (non-hydrogen) atoms. The van der Waals surface area contributed by atoms with Crippen molar-refractivity contribution < 1.29 is 27.0 Å². The molecule has 0 saturated heterocycles. The Bertz CT molecular complexity index is 994. The standard InChI is InChI=1S/C19H17ClF2O4S/c20-12-1-3-14(4-2-12)27(24,25)19-8-7-13(23)9-11(19)10-26-18-16(22)6-5-15(21)17(18)19/h1-6,11,13,23H,7-10H2/t11-,13+,19+/m0/s1. The molecule has 2 aromatic carbocycles. The summed E-state index contributed by atoms with van der Waals surface area (Å²) < 4.78 is 60.4. The fourth-order valence-corrected chi connectivity index (χ4v) is 6.81. The minimum atomic E-state index is -4.13. The minimum Gasteiger partial charge on any atom is -0.490 e. The van der Waals surface area contributed by atoms with Gasteiger partial charge in [-0.3, -0.25) is 0 Å². The average Bonchev–Trinajstić information content (AvgIpc) is 2.64. The lowest BCUT2D eigenvalue weighted by Crippen LogP contribution is -2.53. The molecule has 0 unspecified atom stereocenters. The fraction of sp³-hybridized carbons (Fsp3) is 0.368. The second-order valence-corrected chi connectivity index (χ2v) is 9.66. The number of aliphatic hydroxyl groups is 1. The normalized spacial score (nSPS) is 27.4. The van der Waals surface area contributed by atoms with Crippen molar-refractivity contribution in [3.63, 3.8) is 0 Å². The van der Waals surface area contributed by atoms with Crippen LogP contribution in [0.5, 0.6) is 5.75 Å². The lowest BCUT2D eigenvalue weighted by atomic mass is 9.72. The summed E-state index contributed by atoms with van der Waals surface area (Å²) in [7, 11) is -4.13. The van der Waals surface area contributed by atoms with Crippen molar-refractivity contribution in [1.29, 1.82) is 0 Å². The SMILES string of the molecule is O=S(=O)(c1ccc(Cl)cc1)[C@]12CC[C@@H](O)C[C@H]1COc1c(F)ccc(F)c12. The summed E-state index contributed by atoms with van der Waals surface area (Å²) >= 11 is 5.87. The lowest BCUT2D eigenvalue weighted by molar-refractivity contribution is 0.0395. The first kappa shape index (κ1) is 18.7. The van der Waals surface area contributed by atoms with Gasteiger partial charge in [0.15, 0.2) is 21.4 Å². The number of benzene rings is 2. The molecule has 0 aromatic heterocycles. The molecule has 1 fully saturated rings. The number of hydrogen-bond acceptors (Lipinski definition) is 4. The van der Waals surface area contributed by atoms with Crippen molar-refractivity contribution >= 4 is 21.4 Å². The smallest absolute Gasteiger partial charge is 0.188 e. The molecule has 1 N–H and O–H groups in total. The Hall–Kier alpha value is -1.70. The van der Waals surface area contributed by atoms with Crippen molar-refractivity contribution in [2.75, 3.05) is 6.61 Å². The topological polar surface area (TPSA) is 63.6 Å². The van der Waals surface area contributed by atoms with Gasteiger partial charge in [-0.2, -0.15) is 0 Å². The maximum absolute atomic E-state index is 14.9. The van der Waals surface area contributed by atoms with E-state index in [1.165, 1.54) is 24.3 Å². The number of rotatable bonds is 2. The van der Waals surface area contributed by atoms with E-state index in [4.69, 9.17) is 16.3 Å². The van der Waals surface area contributed by atoms with Crippen molar-refractivity contribution in [2.24, 2.45) is 5.92 Å². The second kappa shape index (κ2) is 6.43. The number of hydrogen-bond donors (Lipinski definition) is 1. The van der Waals surface area contributed by atoms with Crippen LogP contribution < -0.4 is 4.74 Å². The largest absolute Gasteiger partial charge is 0.490 e. The summed E-state index contributed by atoms with van der Waals surface area (Å²) in [6.07, 6.45) is -0.452. The summed E-state index contributed by atoms with van der Waals surface area (Å²) in [4.78, 5) is -0.0233. The summed E-state index contributed by atoms with van der Waals surface area (Å²) in [5, 5.41) is 10.4. The molecular weight excluding hydrogens is 398 g/mol. The van der Waals surface area contributed by atoms with Crippen molar-refractivity contribution in [1.82, 2.24) is 0 Å². The van der Waals surface area contributed by atoms with Crippen LogP contribution in [0, 0.1) is 17.6 Å². The van der Waals surface area contributed by atoms with Gasteiger partial charge < -0.3 is 9.84 Å². The summed E-state index contributed by atoms with van der Waals surface area (Å²) in [6, 6.07) is 7.46. The maximum atomic E-state index is 14.9. The van der Waals surface area contributed by atoms with Crippen LogP contribution in [0.15, 0.2) is 41.3 Å².